The first-order chi connectivity index (χ1) is 9.07. The Hall–Kier alpha value is -1.38. The Morgan fingerprint density at radius 3 is 2.42 bits per heavy atom. The second-order valence-electron chi connectivity index (χ2n) is 5.84. The lowest BCUT2D eigenvalue weighted by atomic mass is 9.77. The number of hydrogen-bond donors (Lipinski definition) is 1. The second-order valence-corrected chi connectivity index (χ2v) is 5.84. The third-order valence-electron chi connectivity index (χ3n) is 4.00. The van der Waals surface area contributed by atoms with Crippen molar-refractivity contribution in [1.29, 1.82) is 0 Å². The van der Waals surface area contributed by atoms with Crippen LogP contribution in [-0.2, 0) is 5.41 Å². The molecule has 0 saturated carbocycles. The van der Waals surface area contributed by atoms with Crippen LogP contribution >= 0.6 is 0 Å². The van der Waals surface area contributed by atoms with Gasteiger partial charge in [-0.05, 0) is 43.4 Å². The molecule has 19 heavy (non-hydrogen) atoms. The fraction of sp³-hybridized carbons (Fsp3) is 0.412. The smallest absolute Gasteiger partial charge is 0.00655 e. The average Bonchev–Trinajstić information content (AvgIpc) is 2.44. The molecular formula is C17H24N2. The molecule has 0 amide bonds. The summed E-state index contributed by atoms with van der Waals surface area (Å²) >= 11 is 0. The molecule has 0 aliphatic heterocycles. The van der Waals surface area contributed by atoms with E-state index in [9.17, 15) is 0 Å². The Morgan fingerprint density at radius 2 is 1.74 bits per heavy atom. The van der Waals surface area contributed by atoms with Crippen molar-refractivity contribution < 1.29 is 0 Å². The van der Waals surface area contributed by atoms with Gasteiger partial charge in [-0.15, -0.1) is 0 Å². The van der Waals surface area contributed by atoms with Crippen LogP contribution in [0.1, 0.15) is 18.9 Å². The highest BCUT2D eigenvalue weighted by atomic mass is 15.0. The van der Waals surface area contributed by atoms with Gasteiger partial charge in [-0.2, -0.15) is 0 Å². The van der Waals surface area contributed by atoms with Gasteiger partial charge in [0.15, 0.2) is 0 Å². The highest BCUT2D eigenvalue weighted by Gasteiger charge is 2.26. The summed E-state index contributed by atoms with van der Waals surface area (Å²) in [5.74, 6) is 0. The monoisotopic (exact) mass is 256 g/mol. The number of hydrogen-bond acceptors (Lipinski definition) is 2. The molecule has 0 spiro atoms. The molecule has 2 nitrogen and oxygen atoms in total. The van der Waals surface area contributed by atoms with Crippen molar-refractivity contribution in [3.63, 3.8) is 0 Å². The largest absolute Gasteiger partial charge is 0.330 e. The van der Waals surface area contributed by atoms with Crippen molar-refractivity contribution in [1.82, 2.24) is 4.90 Å². The topological polar surface area (TPSA) is 29.3 Å². The summed E-state index contributed by atoms with van der Waals surface area (Å²) in [6, 6.07) is 15.1. The van der Waals surface area contributed by atoms with Crippen LogP contribution in [0.3, 0.4) is 0 Å². The molecule has 0 radical (unpaired) electrons. The van der Waals surface area contributed by atoms with E-state index in [1.54, 1.807) is 0 Å². The van der Waals surface area contributed by atoms with Crippen molar-refractivity contribution >= 4 is 10.8 Å². The Morgan fingerprint density at radius 1 is 1.05 bits per heavy atom. The van der Waals surface area contributed by atoms with Gasteiger partial charge < -0.3 is 10.6 Å². The standard InChI is InChI=1S/C17H24N2/c1-17(13-18,11-12-19(2)3)16-10-6-8-14-7-4-5-9-15(14)16/h4-10H,11-13,18H2,1-3H3/t17-/m1/s1. The van der Waals surface area contributed by atoms with Gasteiger partial charge in [0, 0.05) is 12.0 Å². The summed E-state index contributed by atoms with van der Waals surface area (Å²) in [7, 11) is 4.22. The van der Waals surface area contributed by atoms with Crippen LogP contribution in [0.2, 0.25) is 0 Å². The van der Waals surface area contributed by atoms with E-state index in [0.29, 0.717) is 6.54 Å². The normalized spacial score (nSPS) is 14.8. The van der Waals surface area contributed by atoms with Crippen molar-refractivity contribution in [2.24, 2.45) is 5.73 Å². The molecule has 102 valence electrons. The lowest BCUT2D eigenvalue weighted by molar-refractivity contribution is 0.333. The van der Waals surface area contributed by atoms with E-state index in [1.165, 1.54) is 16.3 Å². The van der Waals surface area contributed by atoms with Crippen LogP contribution in [0.4, 0.5) is 0 Å². The van der Waals surface area contributed by atoms with Gasteiger partial charge in [-0.1, -0.05) is 49.4 Å². The first kappa shape index (κ1) is 14.0. The van der Waals surface area contributed by atoms with E-state index in [1.807, 2.05) is 0 Å². The molecule has 1 atom stereocenters. The van der Waals surface area contributed by atoms with Gasteiger partial charge in [0.25, 0.3) is 0 Å². The fourth-order valence-electron chi connectivity index (χ4n) is 2.57. The molecule has 2 aromatic rings. The van der Waals surface area contributed by atoms with Gasteiger partial charge in [0.05, 0.1) is 0 Å². The molecule has 0 aromatic heterocycles. The van der Waals surface area contributed by atoms with Crippen molar-refractivity contribution in [3.05, 3.63) is 48.0 Å². The molecule has 2 rings (SSSR count). The SMILES string of the molecule is CN(C)CC[C@](C)(CN)c1cccc2ccccc12. The van der Waals surface area contributed by atoms with Crippen LogP contribution in [-0.4, -0.2) is 32.1 Å². The Kier molecular flexibility index (Phi) is 4.23. The van der Waals surface area contributed by atoms with Gasteiger partial charge in [0.1, 0.15) is 0 Å². The lowest BCUT2D eigenvalue weighted by Crippen LogP contribution is -2.35. The molecule has 0 aliphatic carbocycles. The molecule has 2 N–H and O–H groups in total. The minimum absolute atomic E-state index is 0.0329. The first-order valence-corrected chi connectivity index (χ1v) is 6.90. The summed E-state index contributed by atoms with van der Waals surface area (Å²) in [6.45, 7) is 4.00. The van der Waals surface area contributed by atoms with Crippen LogP contribution in [0, 0.1) is 0 Å². The zero-order valence-electron chi connectivity index (χ0n) is 12.2. The van der Waals surface area contributed by atoms with Crippen LogP contribution < -0.4 is 5.73 Å². The molecule has 2 aromatic carbocycles. The molecule has 0 saturated heterocycles. The van der Waals surface area contributed by atoms with E-state index < -0.39 is 0 Å². The van der Waals surface area contributed by atoms with Gasteiger partial charge in [-0.3, -0.25) is 0 Å². The molecule has 2 heteroatoms. The molecule has 0 aliphatic rings. The van der Waals surface area contributed by atoms with E-state index >= 15 is 0 Å². The summed E-state index contributed by atoms with van der Waals surface area (Å²) in [5, 5.41) is 2.63. The molecule has 0 fully saturated rings. The highest BCUT2D eigenvalue weighted by molar-refractivity contribution is 5.86. The Bertz CT molecular complexity index is 542. The summed E-state index contributed by atoms with van der Waals surface area (Å²) in [4.78, 5) is 2.22. The predicted molar refractivity (Wildman–Crippen MR) is 83.5 cm³/mol. The minimum Gasteiger partial charge on any atom is -0.330 e. The van der Waals surface area contributed by atoms with Crippen molar-refractivity contribution in [3.8, 4) is 0 Å². The summed E-state index contributed by atoms with van der Waals surface area (Å²) in [6.07, 6.45) is 1.07. The zero-order chi connectivity index (χ0) is 13.9. The maximum atomic E-state index is 6.10. The third-order valence-corrected chi connectivity index (χ3v) is 4.00. The van der Waals surface area contributed by atoms with Crippen LogP contribution in [0.25, 0.3) is 10.8 Å². The van der Waals surface area contributed by atoms with Crippen LogP contribution in [0.15, 0.2) is 42.5 Å². The summed E-state index contributed by atoms with van der Waals surface area (Å²) in [5.41, 5.74) is 7.50. The van der Waals surface area contributed by atoms with E-state index in [0.717, 1.165) is 13.0 Å². The highest BCUT2D eigenvalue weighted by Crippen LogP contribution is 2.32. The van der Waals surface area contributed by atoms with Crippen molar-refractivity contribution in [2.45, 2.75) is 18.8 Å². The zero-order valence-corrected chi connectivity index (χ0v) is 12.2. The average molecular weight is 256 g/mol. The maximum Gasteiger partial charge on any atom is 0.00655 e. The third kappa shape index (κ3) is 2.96. The number of nitrogens with zero attached hydrogens (tertiary/aromatic N) is 1. The number of benzene rings is 2. The number of rotatable bonds is 5. The van der Waals surface area contributed by atoms with Crippen LogP contribution in [0.5, 0.6) is 0 Å². The van der Waals surface area contributed by atoms with Gasteiger partial charge >= 0.3 is 0 Å². The minimum atomic E-state index is 0.0329. The molecular weight excluding hydrogens is 232 g/mol. The quantitative estimate of drug-likeness (QED) is 0.891. The van der Waals surface area contributed by atoms with E-state index in [-0.39, 0.29) is 5.41 Å². The number of fused-ring (bicyclic) bond motifs is 1. The maximum absolute atomic E-state index is 6.10. The number of nitrogens with two attached hydrogens (primary N) is 1. The van der Waals surface area contributed by atoms with Crippen molar-refractivity contribution in [2.75, 3.05) is 27.2 Å². The lowest BCUT2D eigenvalue weighted by Gasteiger charge is -2.31. The van der Waals surface area contributed by atoms with Gasteiger partial charge in [0.2, 0.25) is 0 Å². The Balaban J connectivity index is 2.45. The molecule has 0 bridgehead atoms. The Labute approximate surface area is 116 Å². The van der Waals surface area contributed by atoms with E-state index in [2.05, 4.69) is 68.4 Å². The van der Waals surface area contributed by atoms with E-state index in [4.69, 9.17) is 5.73 Å². The van der Waals surface area contributed by atoms with Gasteiger partial charge in [-0.25, -0.2) is 0 Å². The predicted octanol–water partition coefficient (Wildman–Crippen LogP) is 3.01. The molecule has 0 heterocycles. The fourth-order valence-corrected chi connectivity index (χ4v) is 2.57. The molecule has 0 unspecified atom stereocenters. The summed E-state index contributed by atoms with van der Waals surface area (Å²) < 4.78 is 0. The second kappa shape index (κ2) is 5.72. The first-order valence-electron chi connectivity index (χ1n) is 6.90.